The van der Waals surface area contributed by atoms with Gasteiger partial charge >= 0.3 is 0 Å². The Hall–Kier alpha value is -1.77. The summed E-state index contributed by atoms with van der Waals surface area (Å²) < 4.78 is 0. The molecule has 0 radical (unpaired) electrons. The van der Waals surface area contributed by atoms with Crippen LogP contribution in [-0.4, -0.2) is 11.0 Å². The lowest BCUT2D eigenvalue weighted by atomic mass is 10.1. The first-order chi connectivity index (χ1) is 6.27. The molecule has 1 aliphatic rings. The zero-order chi connectivity index (χ0) is 9.26. The molecule has 0 fully saturated rings. The molecule has 1 aromatic rings. The summed E-state index contributed by atoms with van der Waals surface area (Å²) in [5, 5.41) is 12.0. The summed E-state index contributed by atoms with van der Waals surface area (Å²) in [6, 6.07) is 8.98. The van der Waals surface area contributed by atoms with Crippen LogP contribution in [0.5, 0.6) is 0 Å². The monoisotopic (exact) mass is 175 g/mol. The molecule has 1 heterocycles. The Morgan fingerprint density at radius 3 is 2.46 bits per heavy atom. The van der Waals surface area contributed by atoms with Gasteiger partial charge in [-0.2, -0.15) is 0 Å². The van der Waals surface area contributed by atoms with Gasteiger partial charge in [0.2, 0.25) is 5.91 Å². The van der Waals surface area contributed by atoms with E-state index in [1.807, 2.05) is 30.3 Å². The number of hydrogen-bond acceptors (Lipinski definition) is 2. The maximum absolute atomic E-state index is 10.9. The van der Waals surface area contributed by atoms with Gasteiger partial charge in [0.15, 0.2) is 0 Å². The summed E-state index contributed by atoms with van der Waals surface area (Å²) in [6.45, 7) is 0. The number of rotatable bonds is 1. The predicted molar refractivity (Wildman–Crippen MR) is 48.0 cm³/mol. The van der Waals surface area contributed by atoms with E-state index in [1.54, 1.807) is 0 Å². The van der Waals surface area contributed by atoms with E-state index >= 15 is 0 Å². The number of aliphatic hydroxyl groups excluding tert-OH is 1. The summed E-state index contributed by atoms with van der Waals surface area (Å²) in [4.78, 5) is 10.9. The van der Waals surface area contributed by atoms with Crippen LogP contribution in [0.3, 0.4) is 0 Å². The Kier molecular flexibility index (Phi) is 1.77. The van der Waals surface area contributed by atoms with E-state index in [1.165, 1.54) is 6.08 Å². The average molecular weight is 175 g/mol. The summed E-state index contributed by atoms with van der Waals surface area (Å²) >= 11 is 0. The standard InChI is InChI=1S/C10H9NO2/c12-8-6-9(13)11-10(8)7-4-2-1-3-5-7/h1-6,10,12H,(H,11,13). The second-order valence-corrected chi connectivity index (χ2v) is 2.92. The van der Waals surface area contributed by atoms with Crippen molar-refractivity contribution in [3.05, 3.63) is 47.7 Å². The number of carbonyl (C=O) groups excluding carboxylic acids is 1. The maximum atomic E-state index is 10.9. The van der Waals surface area contributed by atoms with Gasteiger partial charge in [0.1, 0.15) is 11.8 Å². The summed E-state index contributed by atoms with van der Waals surface area (Å²) in [5.74, 6) is -0.164. The lowest BCUT2D eigenvalue weighted by molar-refractivity contribution is -0.116. The number of aliphatic hydroxyl groups is 1. The largest absolute Gasteiger partial charge is 0.510 e. The number of carbonyl (C=O) groups is 1. The quantitative estimate of drug-likeness (QED) is 0.675. The molecule has 1 aliphatic heterocycles. The fourth-order valence-corrected chi connectivity index (χ4v) is 1.38. The molecule has 3 nitrogen and oxygen atoms in total. The molecule has 66 valence electrons. The topological polar surface area (TPSA) is 49.3 Å². The van der Waals surface area contributed by atoms with E-state index in [-0.39, 0.29) is 17.7 Å². The molecule has 3 heteroatoms. The molecule has 0 spiro atoms. The molecule has 0 aromatic heterocycles. The fourth-order valence-electron chi connectivity index (χ4n) is 1.38. The van der Waals surface area contributed by atoms with Crippen molar-refractivity contribution in [2.24, 2.45) is 0 Å². The molecule has 2 rings (SSSR count). The first-order valence-electron chi connectivity index (χ1n) is 4.03. The second kappa shape index (κ2) is 2.94. The van der Waals surface area contributed by atoms with Gasteiger partial charge in [-0.1, -0.05) is 30.3 Å². The van der Waals surface area contributed by atoms with Crippen LogP contribution in [0.15, 0.2) is 42.2 Å². The highest BCUT2D eigenvalue weighted by Gasteiger charge is 2.24. The zero-order valence-electron chi connectivity index (χ0n) is 6.90. The first-order valence-corrected chi connectivity index (χ1v) is 4.03. The van der Waals surface area contributed by atoms with Gasteiger partial charge in [-0.3, -0.25) is 4.79 Å². The lowest BCUT2D eigenvalue weighted by Gasteiger charge is -2.10. The SMILES string of the molecule is O=C1C=C(O)C(c2ccccc2)N1. The van der Waals surface area contributed by atoms with Crippen LogP contribution >= 0.6 is 0 Å². The van der Waals surface area contributed by atoms with Crippen LogP contribution in [0.4, 0.5) is 0 Å². The molecule has 0 bridgehead atoms. The first kappa shape index (κ1) is 7.86. The summed E-state index contributed by atoms with van der Waals surface area (Å²) in [5.41, 5.74) is 0.891. The number of nitrogens with one attached hydrogen (secondary N) is 1. The Balaban J connectivity index is 2.30. The molecule has 2 N–H and O–H groups in total. The Morgan fingerprint density at radius 1 is 1.23 bits per heavy atom. The highest BCUT2D eigenvalue weighted by molar-refractivity contribution is 5.91. The molecule has 1 amide bonds. The van der Waals surface area contributed by atoms with Crippen molar-refractivity contribution in [3.8, 4) is 0 Å². The summed E-state index contributed by atoms with van der Waals surface area (Å²) in [7, 11) is 0. The van der Waals surface area contributed by atoms with Crippen molar-refractivity contribution in [1.82, 2.24) is 5.32 Å². The van der Waals surface area contributed by atoms with Crippen LogP contribution in [0.1, 0.15) is 11.6 Å². The third kappa shape index (κ3) is 1.40. The van der Waals surface area contributed by atoms with Crippen LogP contribution in [0.25, 0.3) is 0 Å². The van der Waals surface area contributed by atoms with Gasteiger partial charge in [0, 0.05) is 6.08 Å². The molecule has 0 saturated carbocycles. The molecular weight excluding hydrogens is 166 g/mol. The van der Waals surface area contributed by atoms with Gasteiger partial charge in [-0.15, -0.1) is 0 Å². The van der Waals surface area contributed by atoms with Crippen LogP contribution < -0.4 is 5.32 Å². The van der Waals surface area contributed by atoms with Crippen molar-refractivity contribution < 1.29 is 9.90 Å². The number of hydrogen-bond donors (Lipinski definition) is 2. The lowest BCUT2D eigenvalue weighted by Crippen LogP contribution is -2.20. The molecule has 0 saturated heterocycles. The van der Waals surface area contributed by atoms with Crippen LogP contribution in [0.2, 0.25) is 0 Å². The Morgan fingerprint density at radius 2 is 1.92 bits per heavy atom. The molecule has 1 aromatic carbocycles. The van der Waals surface area contributed by atoms with E-state index in [9.17, 15) is 9.90 Å². The summed E-state index contributed by atoms with van der Waals surface area (Å²) in [6.07, 6.45) is 1.21. The van der Waals surface area contributed by atoms with E-state index in [4.69, 9.17) is 0 Å². The Labute approximate surface area is 75.7 Å². The highest BCUT2D eigenvalue weighted by atomic mass is 16.3. The minimum Gasteiger partial charge on any atom is -0.510 e. The average Bonchev–Trinajstić information content (AvgIpc) is 2.47. The van der Waals surface area contributed by atoms with Gasteiger partial charge in [-0.25, -0.2) is 0 Å². The number of benzene rings is 1. The third-order valence-corrected chi connectivity index (χ3v) is 1.99. The fraction of sp³-hybridized carbons (Fsp3) is 0.100. The van der Waals surface area contributed by atoms with Gasteiger partial charge in [-0.05, 0) is 5.56 Å². The van der Waals surface area contributed by atoms with E-state index in [0.717, 1.165) is 5.56 Å². The van der Waals surface area contributed by atoms with E-state index in [0.29, 0.717) is 0 Å². The van der Waals surface area contributed by atoms with Crippen LogP contribution in [-0.2, 0) is 4.79 Å². The van der Waals surface area contributed by atoms with Crippen molar-refractivity contribution in [1.29, 1.82) is 0 Å². The van der Waals surface area contributed by atoms with Crippen molar-refractivity contribution >= 4 is 5.91 Å². The minimum absolute atomic E-state index is 0.0798. The second-order valence-electron chi connectivity index (χ2n) is 2.92. The van der Waals surface area contributed by atoms with Gasteiger partial charge in [0.25, 0.3) is 0 Å². The van der Waals surface area contributed by atoms with Crippen molar-refractivity contribution in [2.45, 2.75) is 6.04 Å². The number of amides is 1. The molecule has 0 aliphatic carbocycles. The molecule has 1 unspecified atom stereocenters. The molecule has 13 heavy (non-hydrogen) atoms. The van der Waals surface area contributed by atoms with Crippen molar-refractivity contribution in [2.75, 3.05) is 0 Å². The highest BCUT2D eigenvalue weighted by Crippen LogP contribution is 2.22. The van der Waals surface area contributed by atoms with Crippen molar-refractivity contribution in [3.63, 3.8) is 0 Å². The normalized spacial score (nSPS) is 21.1. The van der Waals surface area contributed by atoms with Crippen LogP contribution in [0, 0.1) is 0 Å². The molecule has 1 atom stereocenters. The Bertz CT molecular complexity index is 356. The predicted octanol–water partition coefficient (Wildman–Crippen LogP) is 1.30. The van der Waals surface area contributed by atoms with E-state index < -0.39 is 0 Å². The minimum atomic E-state index is -0.367. The van der Waals surface area contributed by atoms with E-state index in [2.05, 4.69) is 5.32 Å². The van der Waals surface area contributed by atoms with Gasteiger partial charge < -0.3 is 10.4 Å². The zero-order valence-corrected chi connectivity index (χ0v) is 6.90. The smallest absolute Gasteiger partial charge is 0.248 e. The third-order valence-electron chi connectivity index (χ3n) is 1.99. The van der Waals surface area contributed by atoms with Gasteiger partial charge in [0.05, 0.1) is 0 Å². The molecular formula is C10H9NO2. The maximum Gasteiger partial charge on any atom is 0.248 e.